The molecule has 0 spiro atoms. The summed E-state index contributed by atoms with van der Waals surface area (Å²) in [6.45, 7) is 6.28. The number of hydrogen-bond acceptors (Lipinski definition) is 3. The van der Waals surface area contributed by atoms with Gasteiger partial charge in [0.15, 0.2) is 0 Å². The van der Waals surface area contributed by atoms with Gasteiger partial charge in [0.2, 0.25) is 0 Å². The van der Waals surface area contributed by atoms with Crippen LogP contribution in [0.1, 0.15) is 31.9 Å². The number of phenols is 1. The van der Waals surface area contributed by atoms with Crippen LogP contribution in [0.15, 0.2) is 18.2 Å². The molecular formula is C14H21NO2. The molecule has 2 rings (SSSR count). The van der Waals surface area contributed by atoms with Crippen LogP contribution in [-0.2, 0) is 12.8 Å². The van der Waals surface area contributed by atoms with Gasteiger partial charge in [-0.25, -0.2) is 0 Å². The van der Waals surface area contributed by atoms with Crippen LogP contribution in [0.25, 0.3) is 0 Å². The van der Waals surface area contributed by atoms with Crippen LogP contribution in [0, 0.1) is 0 Å². The molecule has 1 aromatic rings. The van der Waals surface area contributed by atoms with Gasteiger partial charge in [0.1, 0.15) is 5.75 Å². The van der Waals surface area contributed by atoms with Crippen molar-refractivity contribution >= 4 is 0 Å². The molecule has 17 heavy (non-hydrogen) atoms. The van der Waals surface area contributed by atoms with E-state index in [2.05, 4.69) is 26.1 Å². The van der Waals surface area contributed by atoms with E-state index in [1.807, 2.05) is 12.1 Å². The van der Waals surface area contributed by atoms with Gasteiger partial charge in [-0.2, -0.15) is 0 Å². The van der Waals surface area contributed by atoms with E-state index < -0.39 is 6.10 Å². The van der Waals surface area contributed by atoms with Crippen LogP contribution in [0.5, 0.6) is 5.75 Å². The van der Waals surface area contributed by atoms with Crippen molar-refractivity contribution in [1.29, 1.82) is 0 Å². The smallest absolute Gasteiger partial charge is 0.119 e. The van der Waals surface area contributed by atoms with Gasteiger partial charge in [-0.05, 0) is 44.4 Å². The van der Waals surface area contributed by atoms with E-state index in [1.165, 1.54) is 0 Å². The second-order valence-corrected chi connectivity index (χ2v) is 5.89. The minimum atomic E-state index is -0.435. The van der Waals surface area contributed by atoms with Crippen LogP contribution >= 0.6 is 0 Å². The molecule has 3 nitrogen and oxygen atoms in total. The largest absolute Gasteiger partial charge is 0.508 e. The molecular weight excluding hydrogens is 214 g/mol. The third kappa shape index (κ3) is 2.79. The molecule has 0 fully saturated rings. The SMILES string of the molecule is CC(C)(C)N[C@@H]1Cc2cccc(O)c2C[C@H]1O. The molecule has 0 aromatic heterocycles. The summed E-state index contributed by atoms with van der Waals surface area (Å²) in [6.07, 6.45) is 0.854. The quantitative estimate of drug-likeness (QED) is 0.693. The number of aliphatic hydroxyl groups excluding tert-OH is 1. The van der Waals surface area contributed by atoms with Gasteiger partial charge < -0.3 is 15.5 Å². The van der Waals surface area contributed by atoms with Crippen LogP contribution in [0.4, 0.5) is 0 Å². The van der Waals surface area contributed by atoms with Gasteiger partial charge in [0.05, 0.1) is 6.10 Å². The number of rotatable bonds is 1. The summed E-state index contributed by atoms with van der Waals surface area (Å²) in [7, 11) is 0. The van der Waals surface area contributed by atoms with E-state index in [9.17, 15) is 10.2 Å². The molecule has 94 valence electrons. The Hall–Kier alpha value is -1.06. The summed E-state index contributed by atoms with van der Waals surface area (Å²) < 4.78 is 0. The zero-order valence-electron chi connectivity index (χ0n) is 10.7. The van der Waals surface area contributed by atoms with Crippen LogP contribution < -0.4 is 5.32 Å². The molecule has 2 atom stereocenters. The molecule has 0 radical (unpaired) electrons. The highest BCUT2D eigenvalue weighted by Crippen LogP contribution is 2.29. The number of nitrogens with one attached hydrogen (secondary N) is 1. The maximum Gasteiger partial charge on any atom is 0.119 e. The van der Waals surface area contributed by atoms with Crippen molar-refractivity contribution in [1.82, 2.24) is 5.32 Å². The van der Waals surface area contributed by atoms with Crippen LogP contribution in [-0.4, -0.2) is 27.9 Å². The Morgan fingerprint density at radius 3 is 2.59 bits per heavy atom. The zero-order chi connectivity index (χ0) is 12.6. The highest BCUT2D eigenvalue weighted by Gasteiger charge is 2.30. The van der Waals surface area contributed by atoms with Crippen molar-refractivity contribution < 1.29 is 10.2 Å². The highest BCUT2D eigenvalue weighted by atomic mass is 16.3. The molecule has 1 aliphatic carbocycles. The summed E-state index contributed by atoms with van der Waals surface area (Å²) in [6, 6.07) is 5.63. The maximum absolute atomic E-state index is 10.1. The number of phenolic OH excluding ortho intramolecular Hbond substituents is 1. The number of aromatic hydroxyl groups is 1. The minimum absolute atomic E-state index is 0.0139. The number of hydrogen-bond donors (Lipinski definition) is 3. The molecule has 3 N–H and O–H groups in total. The molecule has 0 saturated heterocycles. The summed E-state index contributed by atoms with van der Waals surface area (Å²) >= 11 is 0. The van der Waals surface area contributed by atoms with Crippen molar-refractivity contribution in [2.45, 2.75) is 51.3 Å². The Labute approximate surface area is 102 Å². The summed E-state index contributed by atoms with van der Waals surface area (Å²) in [5.41, 5.74) is 2.02. The Morgan fingerprint density at radius 1 is 1.24 bits per heavy atom. The third-order valence-electron chi connectivity index (χ3n) is 3.18. The van der Waals surface area contributed by atoms with Gasteiger partial charge in [-0.3, -0.25) is 0 Å². The second-order valence-electron chi connectivity index (χ2n) is 5.89. The first-order valence-electron chi connectivity index (χ1n) is 6.12. The molecule has 0 unspecified atom stereocenters. The predicted octanol–water partition coefficient (Wildman–Crippen LogP) is 1.61. The van der Waals surface area contributed by atoms with E-state index in [1.54, 1.807) is 6.07 Å². The molecule has 0 aliphatic heterocycles. The number of benzene rings is 1. The van der Waals surface area contributed by atoms with Crippen molar-refractivity contribution in [2.75, 3.05) is 0 Å². The minimum Gasteiger partial charge on any atom is -0.508 e. The standard InChI is InChI=1S/C14H21NO2/c1-14(2,3)15-11-7-9-5-4-6-12(16)10(9)8-13(11)17/h4-6,11,13,15-17H,7-8H2,1-3H3/t11-,13-/m1/s1. The van der Waals surface area contributed by atoms with Gasteiger partial charge in [-0.1, -0.05) is 12.1 Å². The summed E-state index contributed by atoms with van der Waals surface area (Å²) in [5.74, 6) is 0.302. The van der Waals surface area contributed by atoms with E-state index in [0.717, 1.165) is 17.5 Å². The Balaban J connectivity index is 2.21. The normalized spacial score (nSPS) is 24.5. The topological polar surface area (TPSA) is 52.5 Å². The van der Waals surface area contributed by atoms with Crippen LogP contribution in [0.3, 0.4) is 0 Å². The summed E-state index contributed by atoms with van der Waals surface area (Å²) in [5, 5.41) is 23.3. The first-order chi connectivity index (χ1) is 7.87. The van der Waals surface area contributed by atoms with E-state index >= 15 is 0 Å². The molecule has 3 heteroatoms. The number of aliphatic hydroxyl groups is 1. The first kappa shape index (κ1) is 12.4. The Bertz CT molecular complexity index is 409. The molecule has 0 bridgehead atoms. The van der Waals surface area contributed by atoms with E-state index in [4.69, 9.17) is 0 Å². The van der Waals surface area contributed by atoms with Gasteiger partial charge in [-0.15, -0.1) is 0 Å². The van der Waals surface area contributed by atoms with E-state index in [0.29, 0.717) is 12.2 Å². The summed E-state index contributed by atoms with van der Waals surface area (Å²) in [4.78, 5) is 0. The highest BCUT2D eigenvalue weighted by molar-refractivity contribution is 5.42. The lowest BCUT2D eigenvalue weighted by Crippen LogP contribution is -2.52. The third-order valence-corrected chi connectivity index (χ3v) is 3.18. The van der Waals surface area contributed by atoms with Gasteiger partial charge in [0.25, 0.3) is 0 Å². The lowest BCUT2D eigenvalue weighted by atomic mass is 9.84. The lowest BCUT2D eigenvalue weighted by molar-refractivity contribution is 0.104. The lowest BCUT2D eigenvalue weighted by Gasteiger charge is -2.35. The van der Waals surface area contributed by atoms with Crippen molar-refractivity contribution in [3.8, 4) is 5.75 Å². The second kappa shape index (κ2) is 4.31. The molecule has 0 saturated carbocycles. The van der Waals surface area contributed by atoms with Gasteiger partial charge >= 0.3 is 0 Å². The molecule has 1 aromatic carbocycles. The Kier molecular flexibility index (Phi) is 3.15. The van der Waals surface area contributed by atoms with Crippen molar-refractivity contribution in [2.24, 2.45) is 0 Å². The molecule has 0 amide bonds. The predicted molar refractivity (Wildman–Crippen MR) is 68.2 cm³/mol. The molecule has 1 aliphatic rings. The fraction of sp³-hybridized carbons (Fsp3) is 0.571. The fourth-order valence-corrected chi connectivity index (χ4v) is 2.48. The number of fused-ring (bicyclic) bond motifs is 1. The van der Waals surface area contributed by atoms with Crippen molar-refractivity contribution in [3.63, 3.8) is 0 Å². The fourth-order valence-electron chi connectivity index (χ4n) is 2.48. The Morgan fingerprint density at radius 2 is 1.94 bits per heavy atom. The average molecular weight is 235 g/mol. The average Bonchev–Trinajstić information content (AvgIpc) is 2.19. The first-order valence-corrected chi connectivity index (χ1v) is 6.12. The van der Waals surface area contributed by atoms with Crippen molar-refractivity contribution in [3.05, 3.63) is 29.3 Å². The zero-order valence-corrected chi connectivity index (χ0v) is 10.7. The monoisotopic (exact) mass is 235 g/mol. The van der Waals surface area contributed by atoms with E-state index in [-0.39, 0.29) is 11.6 Å². The molecule has 0 heterocycles. The van der Waals surface area contributed by atoms with Crippen LogP contribution in [0.2, 0.25) is 0 Å². The van der Waals surface area contributed by atoms with Gasteiger partial charge in [0, 0.05) is 18.0 Å². The maximum atomic E-state index is 10.1.